The first-order valence-corrected chi connectivity index (χ1v) is 12.5. The lowest BCUT2D eigenvalue weighted by molar-refractivity contribution is -0.231. The fourth-order valence-electron chi connectivity index (χ4n) is 3.90. The fourth-order valence-corrected chi connectivity index (χ4v) is 3.90. The molecule has 0 aliphatic carbocycles. The Morgan fingerprint density at radius 3 is 2.66 bits per heavy atom. The highest BCUT2D eigenvalue weighted by atomic mass is 19.1. The maximum Gasteiger partial charge on any atom is 0.230 e. The SMILES string of the molecule is COCCCNC(=O)C1(C)COC(c2nc(-c3ccc(F)cc3)c(-c3ccnc(NCCCO)n3)[nH]2)OC1. The van der Waals surface area contributed by atoms with Crippen LogP contribution in [0, 0.1) is 11.2 Å². The van der Waals surface area contributed by atoms with E-state index < -0.39 is 11.7 Å². The van der Waals surface area contributed by atoms with E-state index in [4.69, 9.17) is 24.3 Å². The Kier molecular flexibility index (Phi) is 9.34. The maximum absolute atomic E-state index is 13.6. The lowest BCUT2D eigenvalue weighted by Crippen LogP contribution is -2.48. The molecule has 1 aromatic carbocycles. The zero-order valence-electron chi connectivity index (χ0n) is 21.5. The topological polar surface area (TPSA) is 144 Å². The number of methoxy groups -OCH3 is 1. The number of nitrogens with one attached hydrogen (secondary N) is 3. The number of aromatic nitrogens is 4. The van der Waals surface area contributed by atoms with Gasteiger partial charge in [0.05, 0.1) is 35.7 Å². The van der Waals surface area contributed by atoms with E-state index in [0.717, 1.165) is 0 Å². The number of nitrogens with zero attached hydrogens (tertiary/aromatic N) is 3. The lowest BCUT2D eigenvalue weighted by atomic mass is 9.91. The van der Waals surface area contributed by atoms with Crippen LogP contribution in [-0.2, 0) is 19.0 Å². The molecule has 2 aromatic heterocycles. The summed E-state index contributed by atoms with van der Waals surface area (Å²) in [5.74, 6) is 0.286. The molecule has 1 amide bonds. The lowest BCUT2D eigenvalue weighted by Gasteiger charge is -2.35. The van der Waals surface area contributed by atoms with Crippen LogP contribution in [0.3, 0.4) is 0 Å². The van der Waals surface area contributed by atoms with Crippen LogP contribution in [0.4, 0.5) is 10.3 Å². The molecule has 0 atom stereocenters. The van der Waals surface area contributed by atoms with Crippen LogP contribution >= 0.6 is 0 Å². The molecule has 0 spiro atoms. The number of carbonyl (C=O) groups is 1. The molecular formula is C26H33FN6O5. The van der Waals surface area contributed by atoms with Crippen molar-refractivity contribution in [2.45, 2.75) is 26.1 Å². The van der Waals surface area contributed by atoms with Crippen LogP contribution in [0.1, 0.15) is 31.9 Å². The van der Waals surface area contributed by atoms with Gasteiger partial charge in [0.2, 0.25) is 18.1 Å². The smallest absolute Gasteiger partial charge is 0.230 e. The van der Waals surface area contributed by atoms with Gasteiger partial charge in [-0.05, 0) is 50.1 Å². The van der Waals surface area contributed by atoms with E-state index in [0.29, 0.717) is 67.0 Å². The van der Waals surface area contributed by atoms with E-state index >= 15 is 0 Å². The molecule has 204 valence electrons. The number of hydrogen-bond donors (Lipinski definition) is 4. The molecule has 3 heterocycles. The van der Waals surface area contributed by atoms with Crippen molar-refractivity contribution >= 4 is 11.9 Å². The van der Waals surface area contributed by atoms with Crippen molar-refractivity contribution in [3.63, 3.8) is 0 Å². The van der Waals surface area contributed by atoms with Crippen LogP contribution in [0.5, 0.6) is 0 Å². The standard InChI is InChI=1S/C26H33FN6O5/c1-26(24(35)28-11-4-14-36-2)15-37-23(38-16-26)22-32-20(17-5-7-18(27)8-6-17)21(33-22)19-9-12-30-25(31-19)29-10-3-13-34/h5-9,12,23,34H,3-4,10-11,13-16H2,1-2H3,(H,28,35)(H,32,33)(H,29,30,31). The Labute approximate surface area is 220 Å². The third-order valence-corrected chi connectivity index (χ3v) is 6.06. The summed E-state index contributed by atoms with van der Waals surface area (Å²) in [6, 6.07) is 7.72. The first-order chi connectivity index (χ1) is 18.4. The molecule has 12 heteroatoms. The van der Waals surface area contributed by atoms with E-state index in [1.165, 1.54) is 12.1 Å². The molecule has 0 unspecified atom stereocenters. The zero-order chi connectivity index (χ0) is 27.0. The number of benzene rings is 1. The molecule has 1 saturated heterocycles. The van der Waals surface area contributed by atoms with Crippen LogP contribution in [0.2, 0.25) is 0 Å². The molecule has 1 aliphatic heterocycles. The number of anilines is 1. The van der Waals surface area contributed by atoms with Crippen molar-refractivity contribution in [1.29, 1.82) is 0 Å². The van der Waals surface area contributed by atoms with E-state index in [-0.39, 0.29) is 31.5 Å². The number of amides is 1. The minimum atomic E-state index is -0.847. The number of aliphatic hydroxyl groups is 1. The van der Waals surface area contributed by atoms with Crippen molar-refractivity contribution in [2.24, 2.45) is 5.41 Å². The van der Waals surface area contributed by atoms with Crippen LogP contribution < -0.4 is 10.6 Å². The summed E-state index contributed by atoms with van der Waals surface area (Å²) < 4.78 is 30.5. The van der Waals surface area contributed by atoms with E-state index in [1.807, 2.05) is 0 Å². The third kappa shape index (κ3) is 6.70. The zero-order valence-corrected chi connectivity index (χ0v) is 21.5. The van der Waals surface area contributed by atoms with Gasteiger partial charge in [-0.3, -0.25) is 4.79 Å². The Morgan fingerprint density at radius 2 is 1.95 bits per heavy atom. The predicted molar refractivity (Wildman–Crippen MR) is 137 cm³/mol. The number of ether oxygens (including phenoxy) is 3. The van der Waals surface area contributed by atoms with Crippen LogP contribution in [0.25, 0.3) is 22.6 Å². The number of rotatable bonds is 12. The quantitative estimate of drug-likeness (QED) is 0.261. The number of carbonyl (C=O) groups excluding carboxylic acids is 1. The van der Waals surface area contributed by atoms with Gasteiger partial charge in [0, 0.05) is 45.2 Å². The normalized spacial score (nSPS) is 19.3. The number of aromatic amines is 1. The van der Waals surface area contributed by atoms with Crippen molar-refractivity contribution in [3.8, 4) is 22.6 Å². The second-order valence-corrected chi connectivity index (χ2v) is 9.24. The largest absolute Gasteiger partial charge is 0.396 e. The highest BCUT2D eigenvalue weighted by Crippen LogP contribution is 2.35. The third-order valence-electron chi connectivity index (χ3n) is 6.06. The number of H-pyrrole nitrogens is 1. The molecule has 1 aliphatic rings. The van der Waals surface area contributed by atoms with Crippen LogP contribution in [0.15, 0.2) is 36.5 Å². The number of aliphatic hydroxyl groups excluding tert-OH is 1. The molecule has 38 heavy (non-hydrogen) atoms. The molecule has 4 N–H and O–H groups in total. The highest BCUT2D eigenvalue weighted by molar-refractivity contribution is 5.82. The first kappa shape index (κ1) is 27.6. The van der Waals surface area contributed by atoms with Gasteiger partial charge in [0.25, 0.3) is 0 Å². The van der Waals surface area contributed by atoms with Crippen molar-refractivity contribution in [1.82, 2.24) is 25.3 Å². The van der Waals surface area contributed by atoms with Gasteiger partial charge in [-0.15, -0.1) is 0 Å². The average Bonchev–Trinajstić information content (AvgIpc) is 3.38. The predicted octanol–water partition coefficient (Wildman–Crippen LogP) is 2.67. The minimum Gasteiger partial charge on any atom is -0.396 e. The molecule has 0 bridgehead atoms. The Bertz CT molecular complexity index is 1200. The summed E-state index contributed by atoms with van der Waals surface area (Å²) in [4.78, 5) is 29.5. The fraction of sp³-hybridized carbons (Fsp3) is 0.462. The molecule has 1 fully saturated rings. The van der Waals surface area contributed by atoms with E-state index in [2.05, 4.69) is 25.6 Å². The molecule has 11 nitrogen and oxygen atoms in total. The summed E-state index contributed by atoms with van der Waals surface area (Å²) in [7, 11) is 1.62. The second-order valence-electron chi connectivity index (χ2n) is 9.24. The van der Waals surface area contributed by atoms with Crippen molar-refractivity contribution < 1.29 is 28.5 Å². The second kappa shape index (κ2) is 12.9. The highest BCUT2D eigenvalue weighted by Gasteiger charge is 2.40. The molecule has 0 radical (unpaired) electrons. The molecule has 4 rings (SSSR count). The van der Waals surface area contributed by atoms with Gasteiger partial charge in [0.1, 0.15) is 5.82 Å². The summed E-state index contributed by atoms with van der Waals surface area (Å²) in [5, 5.41) is 15.0. The van der Waals surface area contributed by atoms with Crippen molar-refractivity contribution in [2.75, 3.05) is 51.9 Å². The molecule has 3 aromatic rings. The van der Waals surface area contributed by atoms with Gasteiger partial charge in [-0.1, -0.05) is 0 Å². The van der Waals surface area contributed by atoms with Gasteiger partial charge in [0.15, 0.2) is 5.82 Å². The Morgan fingerprint density at radius 1 is 1.18 bits per heavy atom. The molecular weight excluding hydrogens is 495 g/mol. The Balaban J connectivity index is 1.55. The summed E-state index contributed by atoms with van der Waals surface area (Å²) in [6.45, 7) is 3.71. The summed E-state index contributed by atoms with van der Waals surface area (Å²) >= 11 is 0. The summed E-state index contributed by atoms with van der Waals surface area (Å²) in [6.07, 6.45) is 2.05. The monoisotopic (exact) mass is 528 g/mol. The van der Waals surface area contributed by atoms with Gasteiger partial charge in [-0.25, -0.2) is 19.3 Å². The Hall–Kier alpha value is -3.45. The number of halogens is 1. The first-order valence-electron chi connectivity index (χ1n) is 12.5. The number of imidazole rings is 1. The van der Waals surface area contributed by atoms with E-state index in [1.54, 1.807) is 38.4 Å². The molecule has 0 saturated carbocycles. The average molecular weight is 529 g/mol. The summed E-state index contributed by atoms with van der Waals surface area (Å²) in [5.41, 5.74) is 1.50. The maximum atomic E-state index is 13.6. The number of hydrogen-bond acceptors (Lipinski definition) is 9. The van der Waals surface area contributed by atoms with Gasteiger partial charge < -0.3 is 34.9 Å². The van der Waals surface area contributed by atoms with Gasteiger partial charge in [-0.2, -0.15) is 0 Å². The van der Waals surface area contributed by atoms with Gasteiger partial charge >= 0.3 is 0 Å². The van der Waals surface area contributed by atoms with E-state index in [9.17, 15) is 9.18 Å². The minimum absolute atomic E-state index is 0.0568. The van der Waals surface area contributed by atoms with Crippen molar-refractivity contribution in [3.05, 3.63) is 48.2 Å². The van der Waals surface area contributed by atoms with Crippen LogP contribution in [-0.4, -0.2) is 77.6 Å².